The molecule has 0 radical (unpaired) electrons. The average molecular weight is 649 g/mol. The molecule has 2 aromatic carbocycles. The van der Waals surface area contributed by atoms with Crippen LogP contribution in [-0.4, -0.2) is 23.4 Å². The van der Waals surface area contributed by atoms with Crippen LogP contribution in [0.15, 0.2) is 60.7 Å². The van der Waals surface area contributed by atoms with Gasteiger partial charge in [-0.25, -0.2) is 0 Å². The lowest BCUT2D eigenvalue weighted by atomic mass is 10.1. The Hall–Kier alpha value is -3.76. The van der Waals surface area contributed by atoms with Crippen LogP contribution in [0.1, 0.15) is 165 Å². The van der Waals surface area contributed by atoms with Gasteiger partial charge in [-0.3, -0.25) is 0 Å². The van der Waals surface area contributed by atoms with E-state index in [2.05, 4.69) is 47.7 Å². The van der Waals surface area contributed by atoms with Crippen LogP contribution in [0.4, 0.5) is 0 Å². The molecule has 0 fully saturated rings. The summed E-state index contributed by atoms with van der Waals surface area (Å²) < 4.78 is 11.8. The number of nitrogens with zero attached hydrogens (tertiary/aromatic N) is 2. The maximum atomic E-state index is 5.92. The Labute approximate surface area is 292 Å². The molecule has 0 amide bonds. The number of rotatable bonds is 24. The molecule has 0 aliphatic carbocycles. The van der Waals surface area contributed by atoms with Gasteiger partial charge in [-0.15, -0.1) is 10.2 Å². The quantitative estimate of drug-likeness (QED) is 0.0716. The van der Waals surface area contributed by atoms with Crippen molar-refractivity contribution in [2.45, 2.75) is 142 Å². The summed E-state index contributed by atoms with van der Waals surface area (Å²) in [6.07, 6.45) is 26.6. The number of ether oxygens (including phenoxy) is 2. The Balaban J connectivity index is 1.28. The highest BCUT2D eigenvalue weighted by Crippen LogP contribution is 2.16. The molecule has 4 nitrogen and oxygen atoms in total. The summed E-state index contributed by atoms with van der Waals surface area (Å²) in [6.45, 7) is 6.08. The maximum absolute atomic E-state index is 5.92. The molecule has 3 aromatic rings. The topological polar surface area (TPSA) is 44.2 Å². The van der Waals surface area contributed by atoms with Gasteiger partial charge in [-0.05, 0) is 85.3 Å². The first kappa shape index (κ1) is 38.7. The van der Waals surface area contributed by atoms with Crippen LogP contribution >= 0.6 is 0 Å². The first-order valence-electron chi connectivity index (χ1n) is 19.1. The Morgan fingerprint density at radius 3 is 1.00 bits per heavy atom. The third kappa shape index (κ3) is 18.5. The zero-order valence-electron chi connectivity index (χ0n) is 30.0. The molecule has 0 atom stereocenters. The van der Waals surface area contributed by atoms with Crippen molar-refractivity contribution < 1.29 is 9.47 Å². The molecule has 0 aliphatic rings. The van der Waals surface area contributed by atoms with E-state index < -0.39 is 0 Å². The average Bonchev–Trinajstić information content (AvgIpc) is 3.12. The van der Waals surface area contributed by atoms with Gasteiger partial charge in [-0.2, -0.15) is 0 Å². The first-order chi connectivity index (χ1) is 23.8. The summed E-state index contributed by atoms with van der Waals surface area (Å²) in [5.41, 5.74) is 3.07. The molecule has 0 saturated heterocycles. The van der Waals surface area contributed by atoms with Crippen molar-refractivity contribution in [3.05, 3.63) is 83.2 Å². The second-order valence-corrected chi connectivity index (χ2v) is 12.9. The van der Waals surface area contributed by atoms with Crippen molar-refractivity contribution in [1.29, 1.82) is 0 Å². The summed E-state index contributed by atoms with van der Waals surface area (Å²) in [7, 11) is 0. The molecule has 0 saturated carbocycles. The van der Waals surface area contributed by atoms with E-state index in [4.69, 9.17) is 9.47 Å². The summed E-state index contributed by atoms with van der Waals surface area (Å²) in [5, 5.41) is 8.48. The van der Waals surface area contributed by atoms with Gasteiger partial charge in [0.05, 0.1) is 13.2 Å². The Morgan fingerprint density at radius 2 is 0.688 bits per heavy atom. The fourth-order valence-electron chi connectivity index (χ4n) is 5.57. The van der Waals surface area contributed by atoms with E-state index in [1.807, 2.05) is 60.7 Å². The molecule has 0 bridgehead atoms. The third-order valence-corrected chi connectivity index (χ3v) is 8.58. The minimum absolute atomic E-state index is 0.616. The van der Waals surface area contributed by atoms with Crippen LogP contribution < -0.4 is 9.47 Å². The van der Waals surface area contributed by atoms with Gasteiger partial charge >= 0.3 is 0 Å². The lowest BCUT2D eigenvalue weighted by Gasteiger charge is -2.06. The minimum Gasteiger partial charge on any atom is -0.494 e. The summed E-state index contributed by atoms with van der Waals surface area (Å²) in [5.74, 6) is 14.3. The highest BCUT2D eigenvalue weighted by molar-refractivity contribution is 5.44. The smallest absolute Gasteiger partial charge is 0.136 e. The van der Waals surface area contributed by atoms with Gasteiger partial charge in [0, 0.05) is 11.1 Å². The molecule has 0 unspecified atom stereocenters. The van der Waals surface area contributed by atoms with Crippen LogP contribution in [0.3, 0.4) is 0 Å². The summed E-state index contributed by atoms with van der Waals surface area (Å²) >= 11 is 0. The number of benzene rings is 2. The lowest BCUT2D eigenvalue weighted by molar-refractivity contribution is 0.304. The van der Waals surface area contributed by atoms with E-state index >= 15 is 0 Å². The Kier molecular flexibility index (Phi) is 21.1. The molecular weight excluding hydrogens is 588 g/mol. The standard InChI is InChI=1S/C44H60N2O2/c1-3-5-7-9-11-13-15-17-19-21-37-47-43-33-25-39(26-34-43)23-29-41-31-32-42(46-45-41)30-24-40-27-35-44(36-28-40)48-38-22-20-18-16-14-12-10-8-6-4-2/h25-28,31-36H,3-22,37-38H2,1-2H3. The zero-order chi connectivity index (χ0) is 33.7. The van der Waals surface area contributed by atoms with E-state index in [0.717, 1.165) is 48.7 Å². The molecule has 48 heavy (non-hydrogen) atoms. The van der Waals surface area contributed by atoms with Crippen LogP contribution in [0.25, 0.3) is 0 Å². The van der Waals surface area contributed by atoms with E-state index in [-0.39, 0.29) is 0 Å². The molecule has 0 N–H and O–H groups in total. The van der Waals surface area contributed by atoms with Crippen molar-refractivity contribution in [3.63, 3.8) is 0 Å². The molecule has 258 valence electrons. The van der Waals surface area contributed by atoms with Crippen molar-refractivity contribution in [1.82, 2.24) is 10.2 Å². The minimum atomic E-state index is 0.616. The first-order valence-corrected chi connectivity index (χ1v) is 19.1. The van der Waals surface area contributed by atoms with Crippen molar-refractivity contribution in [2.75, 3.05) is 13.2 Å². The van der Waals surface area contributed by atoms with E-state index in [0.29, 0.717) is 11.4 Å². The van der Waals surface area contributed by atoms with Gasteiger partial charge in [0.2, 0.25) is 0 Å². The Morgan fingerprint density at radius 1 is 0.375 bits per heavy atom. The predicted molar refractivity (Wildman–Crippen MR) is 202 cm³/mol. The van der Waals surface area contributed by atoms with Crippen LogP contribution in [0.2, 0.25) is 0 Å². The molecule has 3 rings (SSSR count). The van der Waals surface area contributed by atoms with Gasteiger partial charge in [0.25, 0.3) is 0 Å². The number of hydrogen-bond acceptors (Lipinski definition) is 4. The fourth-order valence-corrected chi connectivity index (χ4v) is 5.57. The lowest BCUT2D eigenvalue weighted by Crippen LogP contribution is -1.97. The highest BCUT2D eigenvalue weighted by Gasteiger charge is 1.99. The number of aromatic nitrogens is 2. The van der Waals surface area contributed by atoms with Crippen molar-refractivity contribution >= 4 is 0 Å². The monoisotopic (exact) mass is 648 g/mol. The molecular formula is C44H60N2O2. The second-order valence-electron chi connectivity index (χ2n) is 12.9. The molecule has 4 heteroatoms. The van der Waals surface area contributed by atoms with Crippen molar-refractivity contribution in [3.8, 4) is 35.2 Å². The predicted octanol–water partition coefficient (Wildman–Crippen LogP) is 11.9. The summed E-state index contributed by atoms with van der Waals surface area (Å²) in [6, 6.07) is 19.6. The van der Waals surface area contributed by atoms with Gasteiger partial charge in [-0.1, -0.05) is 141 Å². The fraction of sp³-hybridized carbons (Fsp3) is 0.545. The molecule has 1 heterocycles. The normalized spacial score (nSPS) is 10.5. The van der Waals surface area contributed by atoms with Crippen LogP contribution in [-0.2, 0) is 0 Å². The summed E-state index contributed by atoms with van der Waals surface area (Å²) in [4.78, 5) is 0. The maximum Gasteiger partial charge on any atom is 0.136 e. The Bertz CT molecular complexity index is 1240. The van der Waals surface area contributed by atoms with Crippen LogP contribution in [0.5, 0.6) is 11.5 Å². The molecule has 1 aromatic heterocycles. The van der Waals surface area contributed by atoms with E-state index in [1.54, 1.807) is 0 Å². The van der Waals surface area contributed by atoms with Crippen LogP contribution in [0, 0.1) is 23.7 Å². The van der Waals surface area contributed by atoms with Crippen molar-refractivity contribution in [2.24, 2.45) is 0 Å². The van der Waals surface area contributed by atoms with E-state index in [9.17, 15) is 0 Å². The molecule has 0 spiro atoms. The highest BCUT2D eigenvalue weighted by atomic mass is 16.5. The van der Waals surface area contributed by atoms with Gasteiger partial charge in [0.15, 0.2) is 0 Å². The second kappa shape index (κ2) is 26.2. The third-order valence-electron chi connectivity index (χ3n) is 8.58. The molecule has 0 aliphatic heterocycles. The zero-order valence-corrected chi connectivity index (χ0v) is 30.0. The van der Waals surface area contributed by atoms with Gasteiger partial charge < -0.3 is 9.47 Å². The number of unbranched alkanes of at least 4 members (excludes halogenated alkanes) is 18. The SMILES string of the molecule is CCCCCCCCCCCCOc1ccc(C#Cc2ccc(C#Cc3ccc(OCCCCCCCCCCCC)cc3)nn2)cc1. The van der Waals surface area contributed by atoms with E-state index in [1.165, 1.54) is 116 Å². The number of hydrogen-bond donors (Lipinski definition) is 0. The van der Waals surface area contributed by atoms with Gasteiger partial charge in [0.1, 0.15) is 22.9 Å². The largest absolute Gasteiger partial charge is 0.494 e.